The van der Waals surface area contributed by atoms with Crippen molar-refractivity contribution in [1.82, 2.24) is 15.7 Å². The van der Waals surface area contributed by atoms with Crippen LogP contribution in [0.15, 0.2) is 46.3 Å². The van der Waals surface area contributed by atoms with Crippen molar-refractivity contribution in [2.45, 2.75) is 75.6 Å². The molecule has 3 amide bonds. The highest BCUT2D eigenvalue weighted by Crippen LogP contribution is 2.44. The van der Waals surface area contributed by atoms with Crippen molar-refractivity contribution >= 4 is 55.0 Å². The number of thiophene rings is 1. The number of carbonyl (C=O) groups excluding carboxylic acids is 3. The number of hydroxylamine groups is 1. The van der Waals surface area contributed by atoms with E-state index in [1.807, 2.05) is 0 Å². The van der Waals surface area contributed by atoms with Gasteiger partial charge in [0.25, 0.3) is 0 Å². The highest BCUT2D eigenvalue weighted by atomic mass is 79.9. The summed E-state index contributed by atoms with van der Waals surface area (Å²) in [6, 6.07) is 11.0. The van der Waals surface area contributed by atoms with E-state index in [0.29, 0.717) is 27.3 Å². The maximum absolute atomic E-state index is 14.0. The van der Waals surface area contributed by atoms with Crippen molar-refractivity contribution in [2.24, 2.45) is 0 Å². The quantitative estimate of drug-likeness (QED) is 0.382. The first-order chi connectivity index (χ1) is 20.3. The van der Waals surface area contributed by atoms with Gasteiger partial charge in [0.2, 0.25) is 11.8 Å². The zero-order valence-corrected chi connectivity index (χ0v) is 27.7. The van der Waals surface area contributed by atoms with Gasteiger partial charge in [0, 0.05) is 31.0 Å². The number of amides is 3. The summed E-state index contributed by atoms with van der Waals surface area (Å²) in [5.41, 5.74) is 2.14. The lowest BCUT2D eigenvalue weighted by atomic mass is 9.97. The molecule has 0 saturated carbocycles. The van der Waals surface area contributed by atoms with Crippen molar-refractivity contribution < 1.29 is 37.1 Å². The number of hydrogen-bond donors (Lipinski definition) is 2. The molecule has 0 bridgehead atoms. The number of carbonyl (C=O) groups is 3. The molecule has 4 rings (SSSR count). The van der Waals surface area contributed by atoms with Gasteiger partial charge in [-0.1, -0.05) is 30.3 Å². The molecule has 0 radical (unpaired) electrons. The van der Waals surface area contributed by atoms with E-state index >= 15 is 0 Å². The Labute approximate surface area is 264 Å². The first-order valence-electron chi connectivity index (χ1n) is 14.2. The van der Waals surface area contributed by atoms with Crippen LogP contribution in [-0.2, 0) is 38.5 Å². The maximum atomic E-state index is 14.0. The average molecular weight is 701 g/mol. The van der Waals surface area contributed by atoms with E-state index < -0.39 is 56.8 Å². The normalized spacial score (nSPS) is 23.1. The minimum Gasteiger partial charge on any atom is -0.444 e. The molecular weight excluding hydrogens is 662 g/mol. The molecule has 0 spiro atoms. The second-order valence-electron chi connectivity index (χ2n) is 11.6. The molecule has 14 heteroatoms. The van der Waals surface area contributed by atoms with Crippen LogP contribution in [0.2, 0.25) is 0 Å². The average Bonchev–Trinajstić information content (AvgIpc) is 3.34. The summed E-state index contributed by atoms with van der Waals surface area (Å²) in [7, 11) is -3.97. The van der Waals surface area contributed by atoms with Gasteiger partial charge in [0.15, 0.2) is 16.1 Å². The van der Waals surface area contributed by atoms with Gasteiger partial charge >= 0.3 is 6.09 Å². The number of nitrogens with zero attached hydrogens (tertiary/aromatic N) is 1. The molecule has 2 aliphatic rings. The molecule has 0 aliphatic carbocycles. The number of halogens is 1. The predicted octanol–water partition coefficient (Wildman–Crippen LogP) is 4.58. The smallest absolute Gasteiger partial charge is 0.408 e. The largest absolute Gasteiger partial charge is 0.444 e. The van der Waals surface area contributed by atoms with Crippen LogP contribution >= 0.6 is 27.3 Å². The fourth-order valence-corrected chi connectivity index (χ4v) is 9.11. The van der Waals surface area contributed by atoms with Crippen molar-refractivity contribution in [3.8, 4) is 0 Å². The lowest BCUT2D eigenvalue weighted by Gasteiger charge is -2.31. The fraction of sp³-hybridized carbons (Fsp3) is 0.552. The van der Waals surface area contributed by atoms with Gasteiger partial charge in [-0.2, -0.15) is 0 Å². The summed E-state index contributed by atoms with van der Waals surface area (Å²) in [6.45, 7) is 5.61. The second-order valence-corrected chi connectivity index (χ2v) is 16.5. The molecule has 43 heavy (non-hydrogen) atoms. The van der Waals surface area contributed by atoms with Crippen molar-refractivity contribution in [3.05, 3.63) is 56.7 Å². The fourth-order valence-electron chi connectivity index (χ4n) is 5.12. The van der Waals surface area contributed by atoms with Crippen molar-refractivity contribution in [1.29, 1.82) is 0 Å². The molecule has 2 fully saturated rings. The van der Waals surface area contributed by atoms with E-state index in [1.54, 1.807) is 63.2 Å². The molecule has 2 aliphatic heterocycles. The van der Waals surface area contributed by atoms with Crippen molar-refractivity contribution in [2.75, 3.05) is 25.4 Å². The van der Waals surface area contributed by atoms with E-state index in [2.05, 4.69) is 26.7 Å². The van der Waals surface area contributed by atoms with Crippen LogP contribution in [0.1, 0.15) is 69.4 Å². The predicted molar refractivity (Wildman–Crippen MR) is 165 cm³/mol. The van der Waals surface area contributed by atoms with E-state index in [4.69, 9.17) is 14.3 Å². The Morgan fingerprint density at radius 3 is 2.51 bits per heavy atom. The van der Waals surface area contributed by atoms with Gasteiger partial charge in [-0.25, -0.2) is 23.5 Å². The second kappa shape index (κ2) is 14.1. The van der Waals surface area contributed by atoms with E-state index in [0.717, 1.165) is 12.8 Å². The van der Waals surface area contributed by atoms with E-state index in [-0.39, 0.29) is 25.3 Å². The highest BCUT2D eigenvalue weighted by Gasteiger charge is 2.50. The number of sulfone groups is 1. The third-order valence-electron chi connectivity index (χ3n) is 7.27. The summed E-state index contributed by atoms with van der Waals surface area (Å²) in [4.78, 5) is 47.2. The molecule has 2 unspecified atom stereocenters. The van der Waals surface area contributed by atoms with Gasteiger partial charge in [-0.15, -0.1) is 11.3 Å². The minimum absolute atomic E-state index is 0.0324. The van der Waals surface area contributed by atoms with E-state index in [9.17, 15) is 22.8 Å². The molecular formula is C29H38BrN3O8S2. The molecule has 236 valence electrons. The van der Waals surface area contributed by atoms with Crippen LogP contribution in [0.4, 0.5) is 4.79 Å². The van der Waals surface area contributed by atoms with Gasteiger partial charge in [0.05, 0.1) is 16.0 Å². The molecule has 1 aromatic heterocycles. The molecule has 2 saturated heterocycles. The Morgan fingerprint density at radius 1 is 1.14 bits per heavy atom. The number of ether oxygens (including phenoxy) is 2. The molecule has 11 nitrogen and oxygen atoms in total. The van der Waals surface area contributed by atoms with Gasteiger partial charge in [0.1, 0.15) is 16.4 Å². The van der Waals surface area contributed by atoms with Crippen LogP contribution in [-0.4, -0.2) is 68.6 Å². The Balaban J connectivity index is 1.58. The topological polar surface area (TPSA) is 140 Å². The van der Waals surface area contributed by atoms with E-state index in [1.165, 1.54) is 16.2 Å². The summed E-state index contributed by atoms with van der Waals surface area (Å²) in [5, 5.41) is 2.67. The van der Waals surface area contributed by atoms with Gasteiger partial charge in [-0.3, -0.25) is 9.59 Å². The SMILES string of the molecule is CC(C)(C)OC(=O)N[C@H](C(=O)N1CCC(CC(=O)NOC2CCCCO2)(c2ccc(Br)s2)S(=O)(=O)CC1)c1ccccc1. The number of hydrogen-bond acceptors (Lipinski definition) is 9. The standard InChI is InChI=1S/C29H38BrN3O8S2/c1-28(2,3)40-27(36)31-25(20-9-5-4-6-10-20)26(35)33-15-14-29(43(37,38)18-16-33,21-12-13-22(30)42-21)19-23(34)32-41-24-11-7-8-17-39-24/h4-6,9-10,12-13,24-25H,7-8,11,14-19H2,1-3H3,(H,31,36)(H,32,34)/t24?,25-,29?/m0/s1. The van der Waals surface area contributed by atoms with Crippen LogP contribution in [0.25, 0.3) is 0 Å². The lowest BCUT2D eigenvalue weighted by molar-refractivity contribution is -0.200. The monoisotopic (exact) mass is 699 g/mol. The van der Waals surface area contributed by atoms with Crippen LogP contribution in [0, 0.1) is 0 Å². The number of rotatable bonds is 8. The van der Waals surface area contributed by atoms with Crippen LogP contribution in [0.3, 0.4) is 0 Å². The summed E-state index contributed by atoms with van der Waals surface area (Å²) < 4.78 is 38.1. The zero-order valence-electron chi connectivity index (χ0n) is 24.5. The first kappa shape index (κ1) is 33.4. The summed E-state index contributed by atoms with van der Waals surface area (Å²) >= 11 is 4.65. The van der Waals surface area contributed by atoms with Crippen LogP contribution < -0.4 is 10.8 Å². The Kier molecular flexibility index (Phi) is 10.9. The molecule has 2 N–H and O–H groups in total. The number of nitrogens with one attached hydrogen (secondary N) is 2. The Bertz CT molecular complexity index is 1390. The highest BCUT2D eigenvalue weighted by molar-refractivity contribution is 9.11. The van der Waals surface area contributed by atoms with Crippen molar-refractivity contribution in [3.63, 3.8) is 0 Å². The van der Waals surface area contributed by atoms with Crippen LogP contribution in [0.5, 0.6) is 0 Å². The number of alkyl carbamates (subject to hydrolysis) is 1. The molecule has 1 aromatic carbocycles. The first-order valence-corrected chi connectivity index (χ1v) is 17.4. The third-order valence-corrected chi connectivity index (χ3v) is 11.7. The Hall–Kier alpha value is -2.52. The summed E-state index contributed by atoms with van der Waals surface area (Å²) in [5.74, 6) is -1.45. The third kappa shape index (κ3) is 8.56. The molecule has 3 heterocycles. The summed E-state index contributed by atoms with van der Waals surface area (Å²) in [6.07, 6.45) is 0.655. The minimum atomic E-state index is -3.97. The molecule has 3 atom stereocenters. The number of benzene rings is 1. The van der Waals surface area contributed by atoms with Gasteiger partial charge in [-0.05, 0) is 73.7 Å². The lowest BCUT2D eigenvalue weighted by Crippen LogP contribution is -2.45. The molecule has 2 aromatic rings. The van der Waals surface area contributed by atoms with Gasteiger partial charge < -0.3 is 19.7 Å². The zero-order chi connectivity index (χ0) is 31.3. The Morgan fingerprint density at radius 2 is 1.88 bits per heavy atom. The maximum Gasteiger partial charge on any atom is 0.408 e.